The van der Waals surface area contributed by atoms with Gasteiger partial charge >= 0.3 is 0 Å². The van der Waals surface area contributed by atoms with Crippen LogP contribution in [0.3, 0.4) is 0 Å². The topological polar surface area (TPSA) is 35.5 Å². The summed E-state index contributed by atoms with van der Waals surface area (Å²) in [5.41, 5.74) is 0.941. The van der Waals surface area contributed by atoms with E-state index in [0.717, 1.165) is 17.1 Å². The van der Waals surface area contributed by atoms with E-state index in [1.165, 1.54) is 12.3 Å². The van der Waals surface area contributed by atoms with Gasteiger partial charge in [0.15, 0.2) is 5.78 Å². The first-order valence-electron chi connectivity index (χ1n) is 6.49. The summed E-state index contributed by atoms with van der Waals surface area (Å²) < 4.78 is 11.3. The first kappa shape index (κ1) is 12.5. The van der Waals surface area contributed by atoms with Crippen molar-refractivity contribution >= 4 is 5.78 Å². The Balaban J connectivity index is 1.79. The fourth-order valence-electron chi connectivity index (χ4n) is 2.11. The summed E-state index contributed by atoms with van der Waals surface area (Å²) in [4.78, 5) is 11.4. The molecule has 3 nitrogen and oxygen atoms in total. The van der Waals surface area contributed by atoms with Crippen LogP contribution in [0.4, 0.5) is 0 Å². The van der Waals surface area contributed by atoms with Crippen LogP contribution in [0.2, 0.25) is 0 Å². The van der Waals surface area contributed by atoms with Crippen molar-refractivity contribution in [3.63, 3.8) is 0 Å². The van der Waals surface area contributed by atoms with Gasteiger partial charge in [-0.2, -0.15) is 0 Å². The first-order chi connectivity index (χ1) is 9.81. The summed E-state index contributed by atoms with van der Waals surface area (Å²) >= 11 is 0. The third kappa shape index (κ3) is 2.88. The highest BCUT2D eigenvalue weighted by atomic mass is 16.5. The highest BCUT2D eigenvalue weighted by molar-refractivity contribution is 5.90. The zero-order valence-electron chi connectivity index (χ0n) is 10.9. The van der Waals surface area contributed by atoms with E-state index in [-0.39, 0.29) is 11.9 Å². The maximum Gasteiger partial charge on any atom is 0.162 e. The molecule has 0 amide bonds. The molecule has 0 radical (unpaired) electrons. The lowest BCUT2D eigenvalue weighted by atomic mass is 10.0. The summed E-state index contributed by atoms with van der Waals surface area (Å²) in [5.74, 6) is 1.60. The molecule has 20 heavy (non-hydrogen) atoms. The van der Waals surface area contributed by atoms with Gasteiger partial charge in [-0.15, -0.1) is 0 Å². The molecule has 0 saturated carbocycles. The Morgan fingerprint density at radius 3 is 2.60 bits per heavy atom. The number of rotatable bonds is 3. The van der Waals surface area contributed by atoms with Gasteiger partial charge in [0.1, 0.15) is 17.6 Å². The largest absolute Gasteiger partial charge is 0.493 e. The lowest BCUT2D eigenvalue weighted by Crippen LogP contribution is -2.11. The average molecular weight is 266 g/mol. The van der Waals surface area contributed by atoms with Crippen LogP contribution in [-0.4, -0.2) is 5.78 Å². The van der Waals surface area contributed by atoms with Crippen molar-refractivity contribution in [2.45, 2.75) is 12.5 Å². The monoisotopic (exact) mass is 266 g/mol. The molecule has 0 saturated heterocycles. The van der Waals surface area contributed by atoms with Crippen LogP contribution >= 0.6 is 0 Å². The van der Waals surface area contributed by atoms with Crippen LogP contribution in [0.15, 0.2) is 66.9 Å². The van der Waals surface area contributed by atoms with Gasteiger partial charge in [0.05, 0.1) is 12.7 Å². The van der Waals surface area contributed by atoms with E-state index in [1.54, 1.807) is 0 Å². The van der Waals surface area contributed by atoms with Crippen molar-refractivity contribution < 1.29 is 14.3 Å². The van der Waals surface area contributed by atoms with Crippen LogP contribution in [-0.2, 0) is 9.53 Å². The number of allylic oxidation sites excluding steroid dienone is 1. The Kier molecular flexibility index (Phi) is 3.50. The molecule has 1 aliphatic rings. The van der Waals surface area contributed by atoms with Crippen molar-refractivity contribution in [3.8, 4) is 11.5 Å². The highest BCUT2D eigenvalue weighted by Gasteiger charge is 2.19. The summed E-state index contributed by atoms with van der Waals surface area (Å²) in [7, 11) is 0. The molecule has 2 aromatic rings. The molecule has 1 heterocycles. The number of ketones is 1. The van der Waals surface area contributed by atoms with E-state index in [0.29, 0.717) is 6.42 Å². The zero-order chi connectivity index (χ0) is 13.8. The molecule has 0 aliphatic carbocycles. The van der Waals surface area contributed by atoms with E-state index >= 15 is 0 Å². The third-order valence-electron chi connectivity index (χ3n) is 3.09. The molecule has 2 aromatic carbocycles. The van der Waals surface area contributed by atoms with Crippen molar-refractivity contribution in [2.24, 2.45) is 0 Å². The van der Waals surface area contributed by atoms with Gasteiger partial charge in [0.25, 0.3) is 0 Å². The molecule has 3 rings (SSSR count). The molecule has 1 aliphatic heterocycles. The second-order valence-electron chi connectivity index (χ2n) is 4.59. The Labute approximate surface area is 117 Å². The summed E-state index contributed by atoms with van der Waals surface area (Å²) in [6, 6.07) is 17.2. The summed E-state index contributed by atoms with van der Waals surface area (Å²) in [6.07, 6.45) is 3.06. The normalized spacial score (nSPS) is 17.6. The number of benzene rings is 2. The Morgan fingerprint density at radius 2 is 1.80 bits per heavy atom. The van der Waals surface area contributed by atoms with Crippen LogP contribution in [0.1, 0.15) is 18.1 Å². The molecule has 0 spiro atoms. The van der Waals surface area contributed by atoms with E-state index in [2.05, 4.69) is 0 Å². The molecule has 3 heteroatoms. The zero-order valence-corrected chi connectivity index (χ0v) is 10.9. The summed E-state index contributed by atoms with van der Waals surface area (Å²) in [5, 5.41) is 0. The van der Waals surface area contributed by atoms with Crippen molar-refractivity contribution in [2.75, 3.05) is 0 Å². The van der Waals surface area contributed by atoms with Crippen molar-refractivity contribution in [1.82, 2.24) is 0 Å². The van der Waals surface area contributed by atoms with Gasteiger partial charge < -0.3 is 9.47 Å². The lowest BCUT2D eigenvalue weighted by Gasteiger charge is -2.19. The molecule has 0 fully saturated rings. The fraction of sp³-hybridized carbons (Fsp3) is 0.118. The Hall–Kier alpha value is -2.55. The third-order valence-corrected chi connectivity index (χ3v) is 3.09. The minimum atomic E-state index is -0.230. The highest BCUT2D eigenvalue weighted by Crippen LogP contribution is 2.29. The Morgan fingerprint density at radius 1 is 1.00 bits per heavy atom. The van der Waals surface area contributed by atoms with Crippen LogP contribution in [0.25, 0.3) is 0 Å². The predicted molar refractivity (Wildman–Crippen MR) is 75.5 cm³/mol. The number of ether oxygens (including phenoxy) is 2. The molecular formula is C17H14O3. The van der Waals surface area contributed by atoms with Crippen LogP contribution in [0.5, 0.6) is 11.5 Å². The summed E-state index contributed by atoms with van der Waals surface area (Å²) in [6.45, 7) is 0. The molecule has 0 N–H and O–H groups in total. The van der Waals surface area contributed by atoms with Gasteiger partial charge in [-0.25, -0.2) is 0 Å². The van der Waals surface area contributed by atoms with Gasteiger partial charge in [0, 0.05) is 6.08 Å². The van der Waals surface area contributed by atoms with Crippen molar-refractivity contribution in [3.05, 3.63) is 72.5 Å². The molecule has 1 unspecified atom stereocenters. The maximum absolute atomic E-state index is 11.4. The SMILES string of the molecule is O=C1C=COC(c2cccc(Oc3ccccc3)c2)C1. The Bertz CT molecular complexity index is 632. The van der Waals surface area contributed by atoms with Gasteiger partial charge in [-0.1, -0.05) is 30.3 Å². The number of hydrogen-bond donors (Lipinski definition) is 0. The number of hydrogen-bond acceptors (Lipinski definition) is 3. The van der Waals surface area contributed by atoms with Crippen LogP contribution < -0.4 is 4.74 Å². The number of para-hydroxylation sites is 1. The molecule has 0 aromatic heterocycles. The minimum Gasteiger partial charge on any atom is -0.493 e. The standard InChI is InChI=1S/C17H14O3/c18-14-9-10-19-17(12-14)13-5-4-8-16(11-13)20-15-6-2-1-3-7-15/h1-11,17H,12H2. The number of carbonyl (C=O) groups is 1. The second-order valence-corrected chi connectivity index (χ2v) is 4.59. The van der Waals surface area contributed by atoms with E-state index < -0.39 is 0 Å². The second kappa shape index (κ2) is 5.61. The quantitative estimate of drug-likeness (QED) is 0.841. The fourth-order valence-corrected chi connectivity index (χ4v) is 2.11. The predicted octanol–water partition coefficient (Wildman–Crippen LogP) is 4.02. The first-order valence-corrected chi connectivity index (χ1v) is 6.49. The van der Waals surface area contributed by atoms with Gasteiger partial charge in [-0.3, -0.25) is 4.79 Å². The number of carbonyl (C=O) groups excluding carboxylic acids is 1. The van der Waals surface area contributed by atoms with E-state index in [4.69, 9.17) is 9.47 Å². The molecule has 0 bridgehead atoms. The maximum atomic E-state index is 11.4. The van der Waals surface area contributed by atoms with Gasteiger partial charge in [0.2, 0.25) is 0 Å². The molecule has 1 atom stereocenters. The van der Waals surface area contributed by atoms with E-state index in [1.807, 2.05) is 54.6 Å². The average Bonchev–Trinajstić information content (AvgIpc) is 2.49. The molecular weight excluding hydrogens is 252 g/mol. The van der Waals surface area contributed by atoms with Crippen LogP contribution in [0, 0.1) is 0 Å². The smallest absolute Gasteiger partial charge is 0.162 e. The lowest BCUT2D eigenvalue weighted by molar-refractivity contribution is -0.118. The van der Waals surface area contributed by atoms with Gasteiger partial charge in [-0.05, 0) is 29.8 Å². The van der Waals surface area contributed by atoms with E-state index in [9.17, 15) is 4.79 Å². The van der Waals surface area contributed by atoms with Crippen molar-refractivity contribution in [1.29, 1.82) is 0 Å². The molecule has 100 valence electrons. The minimum absolute atomic E-state index is 0.0793.